The summed E-state index contributed by atoms with van der Waals surface area (Å²) in [6.45, 7) is 16.7. The smallest absolute Gasteiger partial charge is 0.348 e. The molecule has 0 aromatic rings. The van der Waals surface area contributed by atoms with Gasteiger partial charge in [-0.3, -0.25) is 15.0 Å². The molecule has 0 aliphatic heterocycles. The number of nitrogens with zero attached hydrogens (tertiary/aromatic N) is 1. The number of carbonyl (C=O) groups excluding carboxylic acids is 1. The predicted octanol–water partition coefficient (Wildman–Crippen LogP) is 3.11. The maximum atomic E-state index is 12.4. The van der Waals surface area contributed by atoms with Crippen LogP contribution >= 0.6 is 0 Å². The van der Waals surface area contributed by atoms with Gasteiger partial charge in [0.2, 0.25) is 5.60 Å². The van der Waals surface area contributed by atoms with Crippen molar-refractivity contribution in [3.63, 3.8) is 0 Å². The normalized spacial score (nSPS) is 26.5. The first kappa shape index (κ1) is 22.9. The molecule has 0 aromatic heterocycles. The van der Waals surface area contributed by atoms with E-state index in [1.54, 1.807) is 0 Å². The molecule has 0 radical (unpaired) electrons. The third-order valence-corrected chi connectivity index (χ3v) is 6.18. The van der Waals surface area contributed by atoms with Gasteiger partial charge in [-0.05, 0) is 51.6 Å². The van der Waals surface area contributed by atoms with Crippen molar-refractivity contribution in [2.45, 2.75) is 79.0 Å². The minimum Gasteiger partial charge on any atom is -0.478 e. The summed E-state index contributed by atoms with van der Waals surface area (Å²) < 4.78 is 5.59. The summed E-state index contributed by atoms with van der Waals surface area (Å²) in [7, 11) is 0. The van der Waals surface area contributed by atoms with Crippen LogP contribution < -0.4 is 5.32 Å². The van der Waals surface area contributed by atoms with Crippen molar-refractivity contribution < 1.29 is 19.4 Å². The summed E-state index contributed by atoms with van der Waals surface area (Å²) in [4.78, 5) is 26.6. The number of esters is 1. The molecule has 1 aliphatic carbocycles. The Morgan fingerprint density at radius 3 is 2.31 bits per heavy atom. The Hall–Kier alpha value is -1.14. The number of hydrogen-bond acceptors (Lipinski definition) is 5. The zero-order valence-corrected chi connectivity index (χ0v) is 17.6. The van der Waals surface area contributed by atoms with Crippen molar-refractivity contribution in [1.82, 2.24) is 10.2 Å². The molecule has 0 spiro atoms. The van der Waals surface area contributed by atoms with E-state index in [2.05, 4.69) is 51.8 Å². The Morgan fingerprint density at radius 1 is 1.31 bits per heavy atom. The van der Waals surface area contributed by atoms with E-state index in [-0.39, 0.29) is 23.9 Å². The standard InChI is InChI=1S/C20H38N2O4/c1-8-22(9-2)19(6,7)21-13-11-17(23)26-20(18(24)25)12-10-16(14(3)4)15(20)5/h14-16,21H,8-13H2,1-7H3,(H,24,25)/t15?,16?,20-/m1/s1. The Labute approximate surface area is 158 Å². The van der Waals surface area contributed by atoms with Gasteiger partial charge in [-0.2, -0.15) is 0 Å². The fourth-order valence-electron chi connectivity index (χ4n) is 4.46. The fraction of sp³-hybridized carbons (Fsp3) is 0.900. The molecule has 1 saturated carbocycles. The highest BCUT2D eigenvalue weighted by molar-refractivity contribution is 5.83. The first-order valence-electron chi connectivity index (χ1n) is 9.97. The molecule has 2 unspecified atom stereocenters. The SMILES string of the molecule is CCN(CC)C(C)(C)NCCC(=O)O[C@]1(C(=O)O)CCC(C(C)C)C1C. The molecule has 1 fully saturated rings. The predicted molar refractivity (Wildman–Crippen MR) is 103 cm³/mol. The van der Waals surface area contributed by atoms with Gasteiger partial charge in [0.25, 0.3) is 0 Å². The molecule has 6 heteroatoms. The molecule has 6 nitrogen and oxygen atoms in total. The summed E-state index contributed by atoms with van der Waals surface area (Å²) >= 11 is 0. The summed E-state index contributed by atoms with van der Waals surface area (Å²) in [6, 6.07) is 0. The van der Waals surface area contributed by atoms with Crippen LogP contribution in [0.3, 0.4) is 0 Å². The number of rotatable bonds is 10. The molecule has 0 amide bonds. The first-order valence-corrected chi connectivity index (χ1v) is 9.97. The van der Waals surface area contributed by atoms with Crippen molar-refractivity contribution in [3.8, 4) is 0 Å². The topological polar surface area (TPSA) is 78.9 Å². The van der Waals surface area contributed by atoms with Crippen molar-refractivity contribution in [3.05, 3.63) is 0 Å². The summed E-state index contributed by atoms with van der Waals surface area (Å²) in [5, 5.41) is 13.1. The molecule has 152 valence electrons. The number of ether oxygens (including phenoxy) is 1. The number of carbonyl (C=O) groups is 2. The molecule has 2 N–H and O–H groups in total. The van der Waals surface area contributed by atoms with E-state index in [1.807, 2.05) is 6.92 Å². The van der Waals surface area contributed by atoms with Gasteiger partial charge >= 0.3 is 11.9 Å². The van der Waals surface area contributed by atoms with E-state index in [0.29, 0.717) is 18.9 Å². The number of carboxylic acid groups (broad SMARTS) is 1. The summed E-state index contributed by atoms with van der Waals surface area (Å²) in [5.74, 6) is -0.992. The minimum absolute atomic E-state index is 0.165. The van der Waals surface area contributed by atoms with Crippen LogP contribution in [0.15, 0.2) is 0 Å². The third kappa shape index (κ3) is 4.97. The van der Waals surface area contributed by atoms with E-state index in [4.69, 9.17) is 4.74 Å². The molecule has 0 bridgehead atoms. The molecule has 3 atom stereocenters. The van der Waals surface area contributed by atoms with Gasteiger partial charge in [0, 0.05) is 12.5 Å². The Kier molecular flexibility index (Phi) is 8.08. The van der Waals surface area contributed by atoms with Crippen LogP contribution in [-0.4, -0.2) is 52.8 Å². The van der Waals surface area contributed by atoms with Crippen LogP contribution in [-0.2, 0) is 14.3 Å². The van der Waals surface area contributed by atoms with Crippen molar-refractivity contribution in [2.24, 2.45) is 17.8 Å². The van der Waals surface area contributed by atoms with Crippen LogP contribution in [0.25, 0.3) is 0 Å². The van der Waals surface area contributed by atoms with Crippen LogP contribution in [0.2, 0.25) is 0 Å². The number of hydrogen-bond donors (Lipinski definition) is 2. The Balaban J connectivity index is 2.66. The minimum atomic E-state index is -1.37. The van der Waals surface area contributed by atoms with Gasteiger partial charge in [-0.1, -0.05) is 34.6 Å². The second-order valence-corrected chi connectivity index (χ2v) is 8.31. The second kappa shape index (κ2) is 9.18. The lowest BCUT2D eigenvalue weighted by Crippen LogP contribution is -2.55. The summed E-state index contributed by atoms with van der Waals surface area (Å²) in [5.41, 5.74) is -1.60. The van der Waals surface area contributed by atoms with E-state index in [9.17, 15) is 14.7 Å². The highest BCUT2D eigenvalue weighted by Gasteiger charge is 2.55. The monoisotopic (exact) mass is 370 g/mol. The Morgan fingerprint density at radius 2 is 1.88 bits per heavy atom. The number of carboxylic acids is 1. The molecular formula is C20H38N2O4. The molecule has 1 aliphatic rings. The van der Waals surface area contributed by atoms with E-state index >= 15 is 0 Å². The lowest BCUT2D eigenvalue weighted by molar-refractivity contribution is -0.184. The average molecular weight is 371 g/mol. The molecule has 0 heterocycles. The number of aliphatic carboxylic acids is 1. The van der Waals surface area contributed by atoms with Gasteiger partial charge in [0.15, 0.2) is 0 Å². The first-order chi connectivity index (χ1) is 12.0. The van der Waals surface area contributed by atoms with Gasteiger partial charge < -0.3 is 9.84 Å². The highest BCUT2D eigenvalue weighted by atomic mass is 16.6. The average Bonchev–Trinajstić information content (AvgIpc) is 2.86. The van der Waals surface area contributed by atoms with Gasteiger partial charge in [-0.15, -0.1) is 0 Å². The molecular weight excluding hydrogens is 332 g/mol. The van der Waals surface area contributed by atoms with Crippen LogP contribution in [0.4, 0.5) is 0 Å². The van der Waals surface area contributed by atoms with Crippen LogP contribution in [0, 0.1) is 17.8 Å². The van der Waals surface area contributed by atoms with Crippen molar-refractivity contribution >= 4 is 11.9 Å². The third-order valence-electron chi connectivity index (χ3n) is 6.18. The zero-order chi connectivity index (χ0) is 20.1. The van der Waals surface area contributed by atoms with Crippen LogP contribution in [0.1, 0.15) is 67.7 Å². The van der Waals surface area contributed by atoms with Gasteiger partial charge in [-0.25, -0.2) is 4.79 Å². The molecule has 0 aromatic carbocycles. The maximum Gasteiger partial charge on any atom is 0.348 e. The van der Waals surface area contributed by atoms with Crippen LogP contribution in [0.5, 0.6) is 0 Å². The number of nitrogens with one attached hydrogen (secondary N) is 1. The van der Waals surface area contributed by atoms with Gasteiger partial charge in [0.1, 0.15) is 0 Å². The van der Waals surface area contributed by atoms with Crippen molar-refractivity contribution in [2.75, 3.05) is 19.6 Å². The highest BCUT2D eigenvalue weighted by Crippen LogP contribution is 2.46. The van der Waals surface area contributed by atoms with Crippen molar-refractivity contribution in [1.29, 1.82) is 0 Å². The zero-order valence-electron chi connectivity index (χ0n) is 17.6. The molecule has 26 heavy (non-hydrogen) atoms. The summed E-state index contributed by atoms with van der Waals surface area (Å²) in [6.07, 6.45) is 1.35. The largest absolute Gasteiger partial charge is 0.478 e. The second-order valence-electron chi connectivity index (χ2n) is 8.31. The van der Waals surface area contributed by atoms with E-state index in [0.717, 1.165) is 19.5 Å². The fourth-order valence-corrected chi connectivity index (χ4v) is 4.46. The Bertz CT molecular complexity index is 488. The molecule has 1 rings (SSSR count). The lowest BCUT2D eigenvalue weighted by atomic mass is 9.81. The lowest BCUT2D eigenvalue weighted by Gasteiger charge is -2.38. The molecule has 0 saturated heterocycles. The van der Waals surface area contributed by atoms with E-state index in [1.165, 1.54) is 0 Å². The van der Waals surface area contributed by atoms with E-state index < -0.39 is 17.5 Å². The van der Waals surface area contributed by atoms with Gasteiger partial charge in [0.05, 0.1) is 12.1 Å². The quantitative estimate of drug-likeness (QED) is 0.454. The maximum absolute atomic E-state index is 12.4.